The SMILES string of the molecule is O=C(CCC(=O)c1ccc2c(c1)CCC2)Nc1cccc(-c2nnco2)c1. The molecular weight excluding hydrogens is 342 g/mol. The first-order valence-corrected chi connectivity index (χ1v) is 9.00. The fraction of sp³-hybridized carbons (Fsp3) is 0.238. The third-order valence-corrected chi connectivity index (χ3v) is 4.75. The van der Waals surface area contributed by atoms with Gasteiger partial charge in [0, 0.05) is 29.7 Å². The van der Waals surface area contributed by atoms with Crippen LogP contribution in [0.25, 0.3) is 11.5 Å². The zero-order chi connectivity index (χ0) is 18.6. The molecule has 0 unspecified atom stereocenters. The van der Waals surface area contributed by atoms with Crippen LogP contribution in [0.4, 0.5) is 5.69 Å². The second-order valence-electron chi connectivity index (χ2n) is 6.63. The van der Waals surface area contributed by atoms with E-state index < -0.39 is 0 Å². The number of hydrogen-bond donors (Lipinski definition) is 1. The fourth-order valence-electron chi connectivity index (χ4n) is 3.37. The van der Waals surface area contributed by atoms with Crippen LogP contribution >= 0.6 is 0 Å². The van der Waals surface area contributed by atoms with Gasteiger partial charge in [0.15, 0.2) is 5.78 Å². The van der Waals surface area contributed by atoms with Crippen LogP contribution in [0.1, 0.15) is 40.7 Å². The third kappa shape index (κ3) is 3.95. The first-order chi connectivity index (χ1) is 13.2. The molecule has 1 aliphatic carbocycles. The molecule has 4 rings (SSSR count). The Kier molecular flexibility index (Phi) is 4.78. The molecule has 6 nitrogen and oxygen atoms in total. The van der Waals surface area contributed by atoms with E-state index in [0.717, 1.165) is 24.8 Å². The summed E-state index contributed by atoms with van der Waals surface area (Å²) in [6, 6.07) is 13.0. The van der Waals surface area contributed by atoms with Gasteiger partial charge in [0.2, 0.25) is 18.2 Å². The Hall–Kier alpha value is -3.28. The second kappa shape index (κ2) is 7.53. The van der Waals surface area contributed by atoms with Crippen molar-refractivity contribution in [3.63, 3.8) is 0 Å². The summed E-state index contributed by atoms with van der Waals surface area (Å²) in [6.07, 6.45) is 4.86. The number of fused-ring (bicyclic) bond motifs is 1. The van der Waals surface area contributed by atoms with Crippen molar-refractivity contribution in [2.75, 3.05) is 5.32 Å². The van der Waals surface area contributed by atoms with Gasteiger partial charge < -0.3 is 9.73 Å². The summed E-state index contributed by atoms with van der Waals surface area (Å²) in [5, 5.41) is 10.3. The van der Waals surface area contributed by atoms with E-state index in [1.807, 2.05) is 24.3 Å². The number of nitrogens with zero attached hydrogens (tertiary/aromatic N) is 2. The Labute approximate surface area is 156 Å². The van der Waals surface area contributed by atoms with Crippen molar-refractivity contribution in [2.45, 2.75) is 32.1 Å². The van der Waals surface area contributed by atoms with Gasteiger partial charge in [0.1, 0.15) is 0 Å². The van der Waals surface area contributed by atoms with E-state index in [9.17, 15) is 9.59 Å². The normalized spacial score (nSPS) is 12.6. The summed E-state index contributed by atoms with van der Waals surface area (Å²) in [6.45, 7) is 0. The van der Waals surface area contributed by atoms with Gasteiger partial charge in [0.05, 0.1) is 0 Å². The van der Waals surface area contributed by atoms with E-state index in [0.29, 0.717) is 17.1 Å². The van der Waals surface area contributed by atoms with Gasteiger partial charge in [-0.1, -0.05) is 18.2 Å². The monoisotopic (exact) mass is 361 g/mol. The molecule has 1 aromatic heterocycles. The number of anilines is 1. The molecule has 2 aromatic carbocycles. The molecule has 0 aliphatic heterocycles. The second-order valence-corrected chi connectivity index (χ2v) is 6.63. The maximum Gasteiger partial charge on any atom is 0.247 e. The molecule has 0 fully saturated rings. The number of aryl methyl sites for hydroxylation is 2. The minimum atomic E-state index is -0.202. The van der Waals surface area contributed by atoms with Crippen LogP contribution in [-0.4, -0.2) is 21.9 Å². The van der Waals surface area contributed by atoms with E-state index in [1.54, 1.807) is 18.2 Å². The highest BCUT2D eigenvalue weighted by molar-refractivity contribution is 6.00. The Balaban J connectivity index is 1.34. The van der Waals surface area contributed by atoms with Crippen molar-refractivity contribution in [1.29, 1.82) is 0 Å². The summed E-state index contributed by atoms with van der Waals surface area (Å²) < 4.78 is 5.16. The zero-order valence-corrected chi connectivity index (χ0v) is 14.8. The minimum Gasteiger partial charge on any atom is -0.423 e. The number of aromatic nitrogens is 2. The van der Waals surface area contributed by atoms with Crippen LogP contribution in [0.2, 0.25) is 0 Å². The van der Waals surface area contributed by atoms with Crippen LogP contribution in [-0.2, 0) is 17.6 Å². The van der Waals surface area contributed by atoms with Crippen molar-refractivity contribution in [1.82, 2.24) is 10.2 Å². The number of hydrogen-bond acceptors (Lipinski definition) is 5. The lowest BCUT2D eigenvalue weighted by Gasteiger charge is -2.07. The van der Waals surface area contributed by atoms with Gasteiger partial charge in [-0.05, 0) is 54.7 Å². The molecular formula is C21H19N3O3. The number of ketones is 1. The maximum absolute atomic E-state index is 12.4. The van der Waals surface area contributed by atoms with Crippen LogP contribution in [0.5, 0.6) is 0 Å². The molecule has 136 valence electrons. The molecule has 0 radical (unpaired) electrons. The van der Waals surface area contributed by atoms with Crippen LogP contribution < -0.4 is 5.32 Å². The number of rotatable bonds is 6. The predicted octanol–water partition coefficient (Wildman–Crippen LogP) is 3.83. The standard InChI is InChI=1S/C21H19N3O3/c25-19(16-8-7-14-3-1-4-15(14)11-16)9-10-20(26)23-18-6-2-5-17(12-18)21-24-22-13-27-21/h2,5-8,11-13H,1,3-4,9-10H2,(H,23,26). The van der Waals surface area contributed by atoms with E-state index in [1.165, 1.54) is 17.5 Å². The van der Waals surface area contributed by atoms with Crippen molar-refractivity contribution in [3.8, 4) is 11.5 Å². The average Bonchev–Trinajstić information content (AvgIpc) is 3.37. The molecule has 0 saturated heterocycles. The van der Waals surface area contributed by atoms with Crippen LogP contribution in [0.3, 0.4) is 0 Å². The number of Topliss-reactive ketones (excluding diaryl/α,β-unsaturated/α-hetero) is 1. The van der Waals surface area contributed by atoms with Gasteiger partial charge in [-0.3, -0.25) is 9.59 Å². The lowest BCUT2D eigenvalue weighted by Crippen LogP contribution is -2.13. The first-order valence-electron chi connectivity index (χ1n) is 9.00. The largest absolute Gasteiger partial charge is 0.423 e. The van der Waals surface area contributed by atoms with Crippen molar-refractivity contribution in [3.05, 3.63) is 65.5 Å². The lowest BCUT2D eigenvalue weighted by atomic mass is 10.0. The maximum atomic E-state index is 12.4. The quantitative estimate of drug-likeness (QED) is 0.675. The summed E-state index contributed by atoms with van der Waals surface area (Å²) in [5.74, 6) is 0.185. The number of benzene rings is 2. The molecule has 3 aromatic rings. The number of amides is 1. The summed E-state index contributed by atoms with van der Waals surface area (Å²) in [4.78, 5) is 24.6. The molecule has 0 bridgehead atoms. The Morgan fingerprint density at radius 1 is 1.04 bits per heavy atom. The van der Waals surface area contributed by atoms with Crippen LogP contribution in [0.15, 0.2) is 53.3 Å². The highest BCUT2D eigenvalue weighted by Crippen LogP contribution is 2.24. The molecule has 0 saturated carbocycles. The van der Waals surface area contributed by atoms with Gasteiger partial charge in [0.25, 0.3) is 0 Å². The minimum absolute atomic E-state index is 0.000499. The fourth-order valence-corrected chi connectivity index (χ4v) is 3.37. The number of nitrogens with one attached hydrogen (secondary N) is 1. The van der Waals surface area contributed by atoms with Gasteiger partial charge in [-0.15, -0.1) is 10.2 Å². The Morgan fingerprint density at radius 2 is 1.93 bits per heavy atom. The summed E-state index contributed by atoms with van der Waals surface area (Å²) in [7, 11) is 0. The Morgan fingerprint density at radius 3 is 2.78 bits per heavy atom. The van der Waals surface area contributed by atoms with E-state index in [-0.39, 0.29) is 24.5 Å². The molecule has 1 N–H and O–H groups in total. The molecule has 1 aliphatic rings. The predicted molar refractivity (Wildman–Crippen MR) is 100 cm³/mol. The topological polar surface area (TPSA) is 85.1 Å². The molecule has 1 heterocycles. The molecule has 0 atom stereocenters. The Bertz CT molecular complexity index is 980. The molecule has 1 amide bonds. The van der Waals surface area contributed by atoms with Gasteiger partial charge in [-0.25, -0.2) is 0 Å². The highest BCUT2D eigenvalue weighted by Gasteiger charge is 2.15. The van der Waals surface area contributed by atoms with Gasteiger partial charge >= 0.3 is 0 Å². The van der Waals surface area contributed by atoms with Crippen molar-refractivity contribution >= 4 is 17.4 Å². The molecule has 6 heteroatoms. The van der Waals surface area contributed by atoms with E-state index >= 15 is 0 Å². The van der Waals surface area contributed by atoms with E-state index in [2.05, 4.69) is 15.5 Å². The van der Waals surface area contributed by atoms with E-state index in [4.69, 9.17) is 4.42 Å². The summed E-state index contributed by atoms with van der Waals surface area (Å²) in [5.41, 5.74) is 4.65. The van der Waals surface area contributed by atoms with Gasteiger partial charge in [-0.2, -0.15) is 0 Å². The summed E-state index contributed by atoms with van der Waals surface area (Å²) >= 11 is 0. The van der Waals surface area contributed by atoms with Crippen molar-refractivity contribution < 1.29 is 14.0 Å². The highest BCUT2D eigenvalue weighted by atomic mass is 16.4. The zero-order valence-electron chi connectivity index (χ0n) is 14.8. The average molecular weight is 361 g/mol. The smallest absolute Gasteiger partial charge is 0.247 e. The first kappa shape index (κ1) is 17.1. The number of carbonyl (C=O) groups excluding carboxylic acids is 2. The molecule has 0 spiro atoms. The lowest BCUT2D eigenvalue weighted by molar-refractivity contribution is -0.116. The van der Waals surface area contributed by atoms with Crippen molar-refractivity contribution in [2.24, 2.45) is 0 Å². The third-order valence-electron chi connectivity index (χ3n) is 4.75. The van der Waals surface area contributed by atoms with Crippen LogP contribution in [0, 0.1) is 0 Å². The number of carbonyl (C=O) groups is 2. The molecule has 27 heavy (non-hydrogen) atoms.